The topological polar surface area (TPSA) is 41.9 Å². The molecule has 2 aromatic carbocycles. The van der Waals surface area contributed by atoms with Crippen molar-refractivity contribution in [3.63, 3.8) is 0 Å². The van der Waals surface area contributed by atoms with Gasteiger partial charge in [-0.3, -0.25) is 9.79 Å². The minimum absolute atomic E-state index is 0.00489. The van der Waals surface area contributed by atoms with E-state index in [2.05, 4.69) is 44.0 Å². The molecule has 1 aliphatic rings. The maximum atomic E-state index is 12.8. The first-order chi connectivity index (χ1) is 20.3. The Hall–Kier alpha value is -2.59. The van der Waals surface area contributed by atoms with Crippen LogP contribution in [0.25, 0.3) is 0 Å². The molecule has 0 aromatic heterocycles. The van der Waals surface area contributed by atoms with Crippen LogP contribution < -0.4 is 9.64 Å². The Kier molecular flexibility index (Phi) is 14.7. The van der Waals surface area contributed by atoms with Crippen LogP contribution in [0.4, 0.5) is 5.69 Å². The molecule has 5 heteroatoms. The molecule has 0 N–H and O–H groups in total. The van der Waals surface area contributed by atoms with Gasteiger partial charge in [-0.15, -0.1) is 0 Å². The third-order valence-electron chi connectivity index (χ3n) is 8.13. The van der Waals surface area contributed by atoms with Gasteiger partial charge in [0.05, 0.1) is 18.2 Å². The van der Waals surface area contributed by atoms with Gasteiger partial charge in [-0.25, -0.2) is 0 Å². The van der Waals surface area contributed by atoms with Crippen LogP contribution in [0.15, 0.2) is 59.1 Å². The number of allylic oxidation sites excluding steroid dienone is 1. The van der Waals surface area contributed by atoms with Crippen molar-refractivity contribution < 1.29 is 9.53 Å². The molecule has 1 unspecified atom stereocenters. The van der Waals surface area contributed by atoms with Crippen LogP contribution in [-0.4, -0.2) is 25.3 Å². The zero-order chi connectivity index (χ0) is 30.2. The van der Waals surface area contributed by atoms with E-state index >= 15 is 0 Å². The van der Waals surface area contributed by atoms with Gasteiger partial charge >= 0.3 is 0 Å². The van der Waals surface area contributed by atoms with Gasteiger partial charge in [0.25, 0.3) is 0 Å². The van der Waals surface area contributed by atoms with Crippen LogP contribution in [-0.2, 0) is 17.8 Å². The molecule has 42 heavy (non-hydrogen) atoms. The molecule has 0 radical (unpaired) electrons. The number of carbonyl (C=O) groups excluding carboxylic acids is 1. The summed E-state index contributed by atoms with van der Waals surface area (Å²) in [4.78, 5) is 19.1. The Bertz CT molecular complexity index is 1170. The Morgan fingerprint density at radius 1 is 0.929 bits per heavy atom. The van der Waals surface area contributed by atoms with Gasteiger partial charge in [0.2, 0.25) is 5.91 Å². The van der Waals surface area contributed by atoms with Gasteiger partial charge in [-0.05, 0) is 60.7 Å². The van der Waals surface area contributed by atoms with E-state index < -0.39 is 0 Å². The molecule has 1 aliphatic heterocycles. The number of dihydropyridines is 1. The van der Waals surface area contributed by atoms with E-state index in [4.69, 9.17) is 16.3 Å². The largest absolute Gasteiger partial charge is 0.492 e. The zero-order valence-electron chi connectivity index (χ0n) is 26.6. The highest BCUT2D eigenvalue weighted by Crippen LogP contribution is 2.31. The molecule has 0 saturated carbocycles. The summed E-state index contributed by atoms with van der Waals surface area (Å²) in [6, 6.07) is 14.2. The number of rotatable bonds is 19. The van der Waals surface area contributed by atoms with E-state index in [1.807, 2.05) is 41.4 Å². The minimum atomic E-state index is -0.0194. The van der Waals surface area contributed by atoms with Crippen LogP contribution in [0.5, 0.6) is 5.75 Å². The predicted octanol–water partition coefficient (Wildman–Crippen LogP) is 10.6. The molecule has 1 atom stereocenters. The fourth-order valence-corrected chi connectivity index (χ4v) is 6.06. The van der Waals surface area contributed by atoms with Gasteiger partial charge in [-0.1, -0.05) is 120 Å². The number of carbonyl (C=O) groups is 1. The lowest BCUT2D eigenvalue weighted by molar-refractivity contribution is -0.116. The summed E-state index contributed by atoms with van der Waals surface area (Å²) in [5.41, 5.74) is 4.28. The van der Waals surface area contributed by atoms with Crippen molar-refractivity contribution in [1.82, 2.24) is 0 Å². The second kappa shape index (κ2) is 18.2. The molecule has 4 nitrogen and oxygen atoms in total. The molecule has 0 aliphatic carbocycles. The lowest BCUT2D eigenvalue weighted by Crippen LogP contribution is -2.28. The van der Waals surface area contributed by atoms with Crippen LogP contribution in [0, 0.1) is 5.41 Å². The quantitative estimate of drug-likeness (QED) is 0.152. The monoisotopic (exact) mass is 592 g/mol. The highest BCUT2D eigenvalue weighted by Gasteiger charge is 2.24. The fraction of sp³-hybridized carbons (Fsp3) is 0.568. The van der Waals surface area contributed by atoms with Crippen molar-refractivity contribution in [3.8, 4) is 5.75 Å². The van der Waals surface area contributed by atoms with Crippen LogP contribution in [0.1, 0.15) is 116 Å². The van der Waals surface area contributed by atoms with Crippen molar-refractivity contribution in [3.05, 3.63) is 70.3 Å². The van der Waals surface area contributed by atoms with Crippen molar-refractivity contribution in [2.45, 2.75) is 118 Å². The molecule has 2 aromatic rings. The third kappa shape index (κ3) is 12.0. The molecule has 1 heterocycles. The number of unbranched alkanes of at least 4 members (excludes halogenated alkanes) is 11. The van der Waals surface area contributed by atoms with Gasteiger partial charge in [0.1, 0.15) is 5.75 Å². The minimum Gasteiger partial charge on any atom is -0.492 e. The van der Waals surface area contributed by atoms with E-state index in [1.54, 1.807) is 6.92 Å². The smallest absolute Gasteiger partial charge is 0.224 e. The van der Waals surface area contributed by atoms with Crippen LogP contribution in [0.2, 0.25) is 5.02 Å². The average Bonchev–Trinajstić information content (AvgIpc) is 2.95. The third-order valence-corrected chi connectivity index (χ3v) is 8.44. The molecule has 0 bridgehead atoms. The summed E-state index contributed by atoms with van der Waals surface area (Å²) in [7, 11) is 0. The normalized spacial score (nSPS) is 16.4. The molecule has 0 fully saturated rings. The summed E-state index contributed by atoms with van der Waals surface area (Å²) >= 11 is 6.48. The van der Waals surface area contributed by atoms with E-state index in [9.17, 15) is 4.79 Å². The lowest BCUT2D eigenvalue weighted by Gasteiger charge is -2.28. The standard InChI is InChI=1S/C37H53ClN2O2/c1-5-6-7-8-9-10-11-12-13-14-15-16-22-42-36-24-33(20-21-35(36)38)28-40(31(3)41)34-19-17-18-32(23-34)26-37(4)25-30(2)27-39-29-37/h17-21,23-25,27H,5-16,22,26,28-29H2,1-4H3. The second-order valence-electron chi connectivity index (χ2n) is 12.5. The first kappa shape index (κ1) is 33.9. The zero-order valence-corrected chi connectivity index (χ0v) is 27.4. The number of aliphatic imine (C=N–C) groups is 1. The maximum Gasteiger partial charge on any atom is 0.224 e. The first-order valence-electron chi connectivity index (χ1n) is 16.3. The summed E-state index contributed by atoms with van der Waals surface area (Å²) in [5.74, 6) is 0.702. The van der Waals surface area contributed by atoms with Crippen molar-refractivity contribution in [1.29, 1.82) is 0 Å². The summed E-state index contributed by atoms with van der Waals surface area (Å²) in [6.07, 6.45) is 21.0. The van der Waals surface area contributed by atoms with Gasteiger partial charge in [-0.2, -0.15) is 0 Å². The van der Waals surface area contributed by atoms with E-state index in [1.165, 1.54) is 81.8 Å². The SMILES string of the molecule is CCCCCCCCCCCCCCOc1cc(CN(C(C)=O)c2cccc(CC3(C)C=C(C)C=NC3)c2)ccc1Cl. The maximum absolute atomic E-state index is 12.8. The average molecular weight is 593 g/mol. The highest BCUT2D eigenvalue weighted by atomic mass is 35.5. The molecule has 230 valence electrons. The number of halogens is 1. The number of hydrogen-bond donors (Lipinski definition) is 0. The summed E-state index contributed by atoms with van der Waals surface area (Å²) in [5, 5.41) is 0.612. The number of ether oxygens (including phenoxy) is 1. The Balaban J connectivity index is 1.46. The van der Waals surface area contributed by atoms with Crippen molar-refractivity contribution >= 4 is 29.4 Å². The fourth-order valence-electron chi connectivity index (χ4n) is 5.89. The molecule has 3 rings (SSSR count). The Labute approximate surface area is 260 Å². The van der Waals surface area contributed by atoms with Crippen molar-refractivity contribution in [2.75, 3.05) is 18.1 Å². The Morgan fingerprint density at radius 3 is 2.24 bits per heavy atom. The van der Waals surface area contributed by atoms with Gasteiger partial charge < -0.3 is 9.64 Å². The highest BCUT2D eigenvalue weighted by molar-refractivity contribution is 6.32. The molecule has 0 spiro atoms. The molecule has 0 saturated heterocycles. The number of amides is 1. The van der Waals surface area contributed by atoms with Crippen LogP contribution >= 0.6 is 11.6 Å². The number of nitrogens with zero attached hydrogens (tertiary/aromatic N) is 2. The predicted molar refractivity (Wildman–Crippen MR) is 180 cm³/mol. The van der Waals surface area contributed by atoms with Crippen molar-refractivity contribution in [2.24, 2.45) is 10.4 Å². The summed E-state index contributed by atoms with van der Waals surface area (Å²) < 4.78 is 6.09. The number of anilines is 1. The summed E-state index contributed by atoms with van der Waals surface area (Å²) in [6.45, 7) is 10.1. The molecule has 1 amide bonds. The lowest BCUT2D eigenvalue weighted by atomic mass is 9.81. The number of hydrogen-bond acceptors (Lipinski definition) is 3. The Morgan fingerprint density at radius 2 is 1.60 bits per heavy atom. The van der Waals surface area contributed by atoms with Crippen LogP contribution in [0.3, 0.4) is 0 Å². The number of benzene rings is 2. The second-order valence-corrected chi connectivity index (χ2v) is 12.9. The molecular weight excluding hydrogens is 540 g/mol. The van der Waals surface area contributed by atoms with E-state index in [-0.39, 0.29) is 11.3 Å². The first-order valence-corrected chi connectivity index (χ1v) is 16.6. The van der Waals surface area contributed by atoms with Gasteiger partial charge in [0.15, 0.2) is 0 Å². The van der Waals surface area contributed by atoms with Gasteiger partial charge in [0, 0.05) is 30.8 Å². The van der Waals surface area contributed by atoms with E-state index in [0.717, 1.165) is 30.6 Å². The van der Waals surface area contributed by atoms with E-state index in [0.29, 0.717) is 23.9 Å². The molecular formula is C37H53ClN2O2.